The summed E-state index contributed by atoms with van der Waals surface area (Å²) in [5, 5.41) is 17.5. The van der Waals surface area contributed by atoms with Gasteiger partial charge in [-0.15, -0.1) is 0 Å². The molecule has 188 valence electrons. The second-order valence-electron chi connectivity index (χ2n) is 9.93. The molecule has 0 saturated heterocycles. The molecule has 1 amide bonds. The fourth-order valence-corrected chi connectivity index (χ4v) is 4.01. The molecule has 0 aliphatic heterocycles. The van der Waals surface area contributed by atoms with Crippen LogP contribution in [0.1, 0.15) is 42.9 Å². The number of phenols is 1. The van der Waals surface area contributed by atoms with E-state index in [4.69, 9.17) is 9.15 Å². The smallest absolute Gasteiger partial charge is 0.257 e. The van der Waals surface area contributed by atoms with Crippen LogP contribution in [0.2, 0.25) is 0 Å². The fourth-order valence-electron chi connectivity index (χ4n) is 4.01. The molecule has 36 heavy (non-hydrogen) atoms. The minimum Gasteiger partial charge on any atom is -0.505 e. The van der Waals surface area contributed by atoms with Crippen LogP contribution in [0.15, 0.2) is 56.5 Å². The Labute approximate surface area is 208 Å². The number of hydrogen-bond acceptors (Lipinski definition) is 8. The standard InChI is InChI=1S/C27H29N3O6/c1-27(2,3)25(19-13-14-12-15(35-6)10-11-18(14)36-19)29-21-20(23(32)24(21)33)28-17-9-7-8-16(22(17)31)26(34)30(4)5/h7-13,25,28-29,31H,1-6H3. The summed E-state index contributed by atoms with van der Waals surface area (Å²) in [5.41, 5.74) is -0.831. The summed E-state index contributed by atoms with van der Waals surface area (Å²) in [6.45, 7) is 5.96. The Bertz CT molecular complexity index is 1520. The van der Waals surface area contributed by atoms with Crippen molar-refractivity contribution in [2.24, 2.45) is 5.41 Å². The summed E-state index contributed by atoms with van der Waals surface area (Å²) < 4.78 is 11.4. The van der Waals surface area contributed by atoms with Gasteiger partial charge in [-0.2, -0.15) is 0 Å². The van der Waals surface area contributed by atoms with E-state index in [0.29, 0.717) is 17.1 Å². The number of methoxy groups -OCH3 is 1. The number of para-hydroxylation sites is 1. The number of ether oxygens (including phenoxy) is 1. The van der Waals surface area contributed by atoms with Crippen molar-refractivity contribution in [3.05, 3.63) is 74.2 Å². The fraction of sp³-hybridized carbons (Fsp3) is 0.296. The molecule has 9 heteroatoms. The van der Waals surface area contributed by atoms with Crippen molar-refractivity contribution in [2.45, 2.75) is 26.8 Å². The molecule has 0 aliphatic carbocycles. The van der Waals surface area contributed by atoms with Crippen molar-refractivity contribution >= 4 is 33.9 Å². The third-order valence-corrected chi connectivity index (χ3v) is 6.02. The molecule has 0 aliphatic rings. The Hall–Kier alpha value is -4.27. The van der Waals surface area contributed by atoms with Gasteiger partial charge in [-0.1, -0.05) is 26.8 Å². The number of phenolic OH excluding ortho intramolecular Hbond substituents is 1. The number of hydrogen-bond donors (Lipinski definition) is 3. The van der Waals surface area contributed by atoms with Crippen LogP contribution in [0.4, 0.5) is 17.1 Å². The second-order valence-corrected chi connectivity index (χ2v) is 9.93. The van der Waals surface area contributed by atoms with Crippen molar-refractivity contribution in [3.63, 3.8) is 0 Å². The van der Waals surface area contributed by atoms with Crippen LogP contribution in [0.5, 0.6) is 11.5 Å². The SMILES string of the molecule is COc1ccc2oc(C(Nc3c(Nc4cccc(C(=O)N(C)C)c4O)c(=O)c3=O)C(C)(C)C)cc2c1. The van der Waals surface area contributed by atoms with Gasteiger partial charge < -0.3 is 29.8 Å². The number of furan rings is 1. The van der Waals surface area contributed by atoms with Crippen molar-refractivity contribution < 1.29 is 19.1 Å². The summed E-state index contributed by atoms with van der Waals surface area (Å²) in [6, 6.07) is 11.5. The maximum absolute atomic E-state index is 12.6. The van der Waals surface area contributed by atoms with Crippen LogP contribution >= 0.6 is 0 Å². The quantitative estimate of drug-likeness (QED) is 0.257. The molecule has 1 heterocycles. The van der Waals surface area contributed by atoms with E-state index in [2.05, 4.69) is 10.6 Å². The molecule has 0 spiro atoms. The minimum absolute atomic E-state index is 0.0109. The molecule has 3 aromatic carbocycles. The number of fused-ring (bicyclic) bond motifs is 1. The van der Waals surface area contributed by atoms with Gasteiger partial charge in [0.1, 0.15) is 28.5 Å². The summed E-state index contributed by atoms with van der Waals surface area (Å²) in [5.74, 6) is 0.577. The third-order valence-electron chi connectivity index (χ3n) is 6.02. The van der Waals surface area contributed by atoms with Gasteiger partial charge in [0.05, 0.1) is 24.4 Å². The highest BCUT2D eigenvalue weighted by molar-refractivity contribution is 5.99. The van der Waals surface area contributed by atoms with Gasteiger partial charge in [0.15, 0.2) is 5.75 Å². The topological polar surface area (TPSA) is 121 Å². The minimum atomic E-state index is -0.719. The van der Waals surface area contributed by atoms with Gasteiger partial charge in [-0.3, -0.25) is 14.4 Å². The Kier molecular flexibility index (Phi) is 6.26. The number of aromatic hydroxyl groups is 1. The maximum atomic E-state index is 12.6. The monoisotopic (exact) mass is 491 g/mol. The first-order valence-electron chi connectivity index (χ1n) is 11.4. The zero-order valence-electron chi connectivity index (χ0n) is 21.1. The van der Waals surface area contributed by atoms with Crippen molar-refractivity contribution in [1.82, 2.24) is 4.90 Å². The predicted molar refractivity (Wildman–Crippen MR) is 139 cm³/mol. The van der Waals surface area contributed by atoms with Gasteiger partial charge in [-0.05, 0) is 41.8 Å². The molecule has 4 rings (SSSR count). The number of amides is 1. The molecule has 3 N–H and O–H groups in total. The van der Waals surface area contributed by atoms with Gasteiger partial charge in [-0.25, -0.2) is 0 Å². The van der Waals surface area contributed by atoms with E-state index in [1.54, 1.807) is 33.3 Å². The van der Waals surface area contributed by atoms with Crippen molar-refractivity contribution in [1.29, 1.82) is 0 Å². The first-order chi connectivity index (χ1) is 16.9. The van der Waals surface area contributed by atoms with Crippen molar-refractivity contribution in [2.75, 3.05) is 31.8 Å². The number of benzene rings is 2. The second kappa shape index (κ2) is 9.07. The van der Waals surface area contributed by atoms with Crippen LogP contribution in [-0.2, 0) is 0 Å². The number of nitrogens with one attached hydrogen (secondary N) is 2. The predicted octanol–water partition coefficient (Wildman–Crippen LogP) is 4.39. The highest BCUT2D eigenvalue weighted by atomic mass is 16.5. The van der Waals surface area contributed by atoms with Crippen LogP contribution in [0.25, 0.3) is 11.0 Å². The van der Waals surface area contributed by atoms with Crippen LogP contribution in [-0.4, -0.2) is 37.1 Å². The molecule has 1 aromatic heterocycles. The molecule has 4 aromatic rings. The molecule has 0 fully saturated rings. The lowest BCUT2D eigenvalue weighted by atomic mass is 9.84. The third kappa shape index (κ3) is 4.39. The first kappa shape index (κ1) is 24.8. The van der Waals surface area contributed by atoms with Crippen LogP contribution < -0.4 is 26.2 Å². The lowest BCUT2D eigenvalue weighted by Crippen LogP contribution is -2.39. The maximum Gasteiger partial charge on any atom is 0.257 e. The first-order valence-corrected chi connectivity index (χ1v) is 11.4. The molecule has 0 bridgehead atoms. The number of rotatable bonds is 7. The van der Waals surface area contributed by atoms with E-state index in [9.17, 15) is 19.5 Å². The average Bonchev–Trinajstić information content (AvgIpc) is 3.25. The molecule has 0 radical (unpaired) electrons. The Balaban J connectivity index is 1.69. The highest BCUT2D eigenvalue weighted by Gasteiger charge is 2.33. The lowest BCUT2D eigenvalue weighted by Gasteiger charge is -2.31. The molecule has 0 saturated carbocycles. The Morgan fingerprint density at radius 1 is 1.06 bits per heavy atom. The highest BCUT2D eigenvalue weighted by Crippen LogP contribution is 2.40. The van der Waals surface area contributed by atoms with E-state index in [-0.39, 0.29) is 28.4 Å². The zero-order valence-corrected chi connectivity index (χ0v) is 21.1. The van der Waals surface area contributed by atoms with E-state index in [1.165, 1.54) is 17.0 Å². The Morgan fingerprint density at radius 3 is 2.39 bits per heavy atom. The average molecular weight is 492 g/mol. The molecular weight excluding hydrogens is 462 g/mol. The van der Waals surface area contributed by atoms with E-state index in [1.807, 2.05) is 39.0 Å². The van der Waals surface area contributed by atoms with E-state index in [0.717, 1.165) is 5.39 Å². The van der Waals surface area contributed by atoms with Crippen LogP contribution in [0, 0.1) is 5.41 Å². The molecule has 1 unspecified atom stereocenters. The molecular formula is C27H29N3O6. The summed E-state index contributed by atoms with van der Waals surface area (Å²) in [7, 11) is 4.73. The van der Waals surface area contributed by atoms with E-state index >= 15 is 0 Å². The van der Waals surface area contributed by atoms with Gasteiger partial charge in [0.25, 0.3) is 16.8 Å². The summed E-state index contributed by atoms with van der Waals surface area (Å²) in [6.07, 6.45) is 0. The largest absolute Gasteiger partial charge is 0.505 e. The van der Waals surface area contributed by atoms with Gasteiger partial charge >= 0.3 is 0 Å². The Morgan fingerprint density at radius 2 is 1.75 bits per heavy atom. The number of carbonyl (C=O) groups is 1. The number of anilines is 3. The van der Waals surface area contributed by atoms with Gasteiger partial charge in [0.2, 0.25) is 0 Å². The van der Waals surface area contributed by atoms with Crippen LogP contribution in [0.3, 0.4) is 0 Å². The normalized spacial score (nSPS) is 12.5. The summed E-state index contributed by atoms with van der Waals surface area (Å²) >= 11 is 0. The number of nitrogens with zero attached hydrogens (tertiary/aromatic N) is 1. The van der Waals surface area contributed by atoms with E-state index < -0.39 is 28.2 Å². The summed E-state index contributed by atoms with van der Waals surface area (Å²) in [4.78, 5) is 38.8. The molecule has 9 nitrogen and oxygen atoms in total. The van der Waals surface area contributed by atoms with Crippen molar-refractivity contribution in [3.8, 4) is 11.5 Å². The molecule has 1 atom stereocenters. The lowest BCUT2D eigenvalue weighted by molar-refractivity contribution is 0.0824. The zero-order chi connectivity index (χ0) is 26.4. The number of carbonyl (C=O) groups excluding carboxylic acids is 1. The van der Waals surface area contributed by atoms with Gasteiger partial charge in [0, 0.05) is 19.5 Å².